The summed E-state index contributed by atoms with van der Waals surface area (Å²) in [4.78, 5) is 41.0. The lowest BCUT2D eigenvalue weighted by Crippen LogP contribution is -2.34. The first-order chi connectivity index (χ1) is 19.6. The highest BCUT2D eigenvalue weighted by Crippen LogP contribution is 2.31. The monoisotopic (exact) mass is 565 g/mol. The quantitative estimate of drug-likeness (QED) is 0.282. The summed E-state index contributed by atoms with van der Waals surface area (Å²) in [5, 5.41) is 16.3. The molecule has 4 N–H and O–H groups in total. The van der Waals surface area contributed by atoms with Crippen LogP contribution >= 0.6 is 0 Å². The molecule has 1 atom stereocenters. The molecule has 13 heteroatoms. The standard InChI is InChI=1S/C28H22F3N5O5/c29-16-6-14(7-17(30)10-16)8-22(34-24(37)11-36-23-13-41-12-20(23)26(35-36)28(39)40)25-18(2-1-5-33-25)15-3-4-21(31)19(9-15)27(32)38/h1-7,9-10,22H,8,11-13H2,(H2,32,38)(H,34,37)(H,39,40)/t22-/m0/s1. The number of amides is 2. The van der Waals surface area contributed by atoms with Gasteiger partial charge in [0.05, 0.1) is 36.2 Å². The maximum absolute atomic E-state index is 14.2. The van der Waals surface area contributed by atoms with E-state index in [1.54, 1.807) is 12.1 Å². The smallest absolute Gasteiger partial charge is 0.356 e. The second kappa shape index (κ2) is 11.2. The molecular formula is C28H22F3N5O5. The number of rotatable bonds is 9. The van der Waals surface area contributed by atoms with Gasteiger partial charge in [0, 0.05) is 23.4 Å². The molecule has 10 nitrogen and oxygen atoms in total. The van der Waals surface area contributed by atoms with Crippen molar-refractivity contribution in [3.63, 3.8) is 0 Å². The average Bonchev–Trinajstić information content (AvgIpc) is 3.52. The lowest BCUT2D eigenvalue weighted by Gasteiger charge is -2.22. The van der Waals surface area contributed by atoms with Crippen molar-refractivity contribution in [1.29, 1.82) is 0 Å². The number of hydrogen-bond acceptors (Lipinski definition) is 6. The van der Waals surface area contributed by atoms with Gasteiger partial charge in [0.25, 0.3) is 5.91 Å². The van der Waals surface area contributed by atoms with Crippen molar-refractivity contribution < 1.29 is 37.4 Å². The van der Waals surface area contributed by atoms with Crippen molar-refractivity contribution in [2.24, 2.45) is 5.73 Å². The Labute approximate surface area is 230 Å². The Morgan fingerprint density at radius 1 is 1.07 bits per heavy atom. The number of aromatic carboxylic acids is 1. The van der Waals surface area contributed by atoms with E-state index in [9.17, 15) is 32.7 Å². The summed E-state index contributed by atoms with van der Waals surface area (Å²) in [6, 6.07) is 8.92. The van der Waals surface area contributed by atoms with E-state index in [0.717, 1.165) is 18.2 Å². The Bertz CT molecular complexity index is 1670. The molecule has 0 unspecified atom stereocenters. The number of nitrogens with zero attached hydrogens (tertiary/aromatic N) is 3. The summed E-state index contributed by atoms with van der Waals surface area (Å²) in [5.41, 5.74) is 6.80. The summed E-state index contributed by atoms with van der Waals surface area (Å²) < 4.78 is 48.8. The van der Waals surface area contributed by atoms with Crippen LogP contribution in [-0.4, -0.2) is 37.7 Å². The molecule has 5 rings (SSSR count). The molecule has 0 aliphatic carbocycles. The minimum absolute atomic E-state index is 0.0502. The van der Waals surface area contributed by atoms with Crippen molar-refractivity contribution in [2.45, 2.75) is 32.2 Å². The first kappa shape index (κ1) is 27.5. The highest BCUT2D eigenvalue weighted by Gasteiger charge is 2.29. The predicted molar refractivity (Wildman–Crippen MR) is 137 cm³/mol. The van der Waals surface area contributed by atoms with E-state index in [0.29, 0.717) is 28.5 Å². The van der Waals surface area contributed by atoms with Crippen LogP contribution in [0.3, 0.4) is 0 Å². The maximum Gasteiger partial charge on any atom is 0.356 e. The number of fused-ring (bicyclic) bond motifs is 1. The lowest BCUT2D eigenvalue weighted by atomic mass is 9.94. The third kappa shape index (κ3) is 5.79. The number of carboxylic acid groups (broad SMARTS) is 1. The van der Waals surface area contributed by atoms with E-state index in [1.807, 2.05) is 0 Å². The van der Waals surface area contributed by atoms with Crippen LogP contribution in [0.1, 0.15) is 49.4 Å². The number of aromatic nitrogens is 3. The van der Waals surface area contributed by atoms with Crippen LogP contribution in [0, 0.1) is 17.5 Å². The number of primary amides is 1. The van der Waals surface area contributed by atoms with Crippen molar-refractivity contribution in [1.82, 2.24) is 20.1 Å². The third-order valence-corrected chi connectivity index (χ3v) is 6.56. The first-order valence-corrected chi connectivity index (χ1v) is 12.3. The van der Waals surface area contributed by atoms with Gasteiger partial charge in [-0.1, -0.05) is 12.1 Å². The summed E-state index contributed by atoms with van der Waals surface area (Å²) in [6.45, 7) is -0.252. The fourth-order valence-electron chi connectivity index (χ4n) is 4.78. The zero-order valence-corrected chi connectivity index (χ0v) is 21.2. The Morgan fingerprint density at radius 3 is 2.54 bits per heavy atom. The van der Waals surface area contributed by atoms with E-state index in [-0.39, 0.29) is 48.7 Å². The zero-order chi connectivity index (χ0) is 29.3. The molecule has 3 heterocycles. The normalized spacial score (nSPS) is 13.0. The van der Waals surface area contributed by atoms with Crippen LogP contribution in [0.2, 0.25) is 0 Å². The molecule has 0 fully saturated rings. The van der Waals surface area contributed by atoms with E-state index in [4.69, 9.17) is 10.5 Å². The van der Waals surface area contributed by atoms with E-state index < -0.39 is 41.3 Å². The largest absolute Gasteiger partial charge is 0.476 e. The average molecular weight is 566 g/mol. The number of nitrogens with one attached hydrogen (secondary N) is 1. The summed E-state index contributed by atoms with van der Waals surface area (Å²) in [7, 11) is 0. The van der Waals surface area contributed by atoms with Crippen LogP contribution in [0.5, 0.6) is 0 Å². The highest BCUT2D eigenvalue weighted by molar-refractivity contribution is 5.94. The van der Waals surface area contributed by atoms with E-state index >= 15 is 0 Å². The van der Waals surface area contributed by atoms with Gasteiger partial charge in [-0.25, -0.2) is 18.0 Å². The van der Waals surface area contributed by atoms with Crippen molar-refractivity contribution in [3.8, 4) is 11.1 Å². The Morgan fingerprint density at radius 2 is 1.83 bits per heavy atom. The fraction of sp³-hybridized carbons (Fsp3) is 0.179. The van der Waals surface area contributed by atoms with Gasteiger partial charge in [-0.15, -0.1) is 0 Å². The summed E-state index contributed by atoms with van der Waals surface area (Å²) >= 11 is 0. The van der Waals surface area contributed by atoms with Crippen LogP contribution in [0.25, 0.3) is 11.1 Å². The van der Waals surface area contributed by atoms with Crippen LogP contribution in [-0.2, 0) is 35.7 Å². The number of carboxylic acids is 1. The molecule has 0 radical (unpaired) electrons. The van der Waals surface area contributed by atoms with Crippen molar-refractivity contribution in [3.05, 3.63) is 106 Å². The number of nitrogens with two attached hydrogens (primary N) is 1. The second-order valence-electron chi connectivity index (χ2n) is 9.33. The molecule has 2 aromatic heterocycles. The summed E-state index contributed by atoms with van der Waals surface area (Å²) in [6.07, 6.45) is 1.34. The Kier molecular flexibility index (Phi) is 7.53. The van der Waals surface area contributed by atoms with Crippen molar-refractivity contribution >= 4 is 17.8 Å². The molecule has 1 aliphatic heterocycles. The topological polar surface area (TPSA) is 149 Å². The van der Waals surface area contributed by atoms with Crippen molar-refractivity contribution in [2.75, 3.05) is 0 Å². The number of halogens is 3. The van der Waals surface area contributed by atoms with Gasteiger partial charge in [-0.2, -0.15) is 5.10 Å². The van der Waals surface area contributed by atoms with Gasteiger partial charge in [0.2, 0.25) is 5.91 Å². The second-order valence-corrected chi connectivity index (χ2v) is 9.33. The number of pyridine rings is 1. The summed E-state index contributed by atoms with van der Waals surface area (Å²) in [5.74, 6) is -5.29. The van der Waals surface area contributed by atoms with Gasteiger partial charge in [-0.3, -0.25) is 19.3 Å². The number of carbonyl (C=O) groups excluding carboxylic acids is 2. The molecule has 41 heavy (non-hydrogen) atoms. The minimum Gasteiger partial charge on any atom is -0.476 e. The van der Waals surface area contributed by atoms with E-state index in [1.165, 1.54) is 23.0 Å². The van der Waals surface area contributed by atoms with Crippen LogP contribution < -0.4 is 11.1 Å². The highest BCUT2D eigenvalue weighted by atomic mass is 19.1. The number of hydrogen-bond donors (Lipinski definition) is 3. The van der Waals surface area contributed by atoms with Crippen LogP contribution in [0.4, 0.5) is 13.2 Å². The van der Waals surface area contributed by atoms with Gasteiger partial charge < -0.3 is 20.9 Å². The Balaban J connectivity index is 1.52. The van der Waals surface area contributed by atoms with E-state index in [2.05, 4.69) is 15.4 Å². The van der Waals surface area contributed by atoms with Crippen LogP contribution in [0.15, 0.2) is 54.7 Å². The maximum atomic E-state index is 14.2. The molecule has 0 spiro atoms. The SMILES string of the molecule is NC(=O)c1cc(-c2cccnc2[C@H](Cc2cc(F)cc(F)c2)NC(=O)Cn2nc(C(=O)O)c3c2COC3)ccc1F. The number of ether oxygens (including phenoxy) is 1. The minimum atomic E-state index is -1.26. The molecule has 2 aromatic carbocycles. The predicted octanol–water partition coefficient (Wildman–Crippen LogP) is 3.29. The molecular weight excluding hydrogens is 543 g/mol. The van der Waals surface area contributed by atoms with Gasteiger partial charge >= 0.3 is 5.97 Å². The molecule has 210 valence electrons. The third-order valence-electron chi connectivity index (χ3n) is 6.56. The molecule has 2 amide bonds. The zero-order valence-electron chi connectivity index (χ0n) is 21.2. The number of carbonyl (C=O) groups is 3. The molecule has 0 saturated carbocycles. The molecule has 0 saturated heterocycles. The first-order valence-electron chi connectivity index (χ1n) is 12.3. The van der Waals surface area contributed by atoms with Gasteiger partial charge in [0.15, 0.2) is 5.69 Å². The van der Waals surface area contributed by atoms with Gasteiger partial charge in [0.1, 0.15) is 24.0 Å². The number of benzene rings is 2. The van der Waals surface area contributed by atoms with Gasteiger partial charge in [-0.05, 0) is 47.9 Å². The fourth-order valence-corrected chi connectivity index (χ4v) is 4.78. The molecule has 0 bridgehead atoms. The Hall–Kier alpha value is -5.04. The lowest BCUT2D eigenvalue weighted by molar-refractivity contribution is -0.122. The molecule has 4 aromatic rings. The molecule has 1 aliphatic rings.